The fourth-order valence-corrected chi connectivity index (χ4v) is 1.64. The van der Waals surface area contributed by atoms with E-state index >= 15 is 0 Å². The Labute approximate surface area is 78.8 Å². The Morgan fingerprint density at radius 2 is 2.18 bits per heavy atom. The molecule has 2 atom stereocenters. The lowest BCUT2D eigenvalue weighted by molar-refractivity contribution is 0.465. The minimum atomic E-state index is -0.0345. The molecular formula is C9H12S2. The first-order valence-corrected chi connectivity index (χ1v) is 4.52. The van der Waals surface area contributed by atoms with Crippen LogP contribution in [-0.2, 0) is 0 Å². The van der Waals surface area contributed by atoms with Gasteiger partial charge < -0.3 is 0 Å². The van der Waals surface area contributed by atoms with Crippen molar-refractivity contribution in [1.82, 2.24) is 0 Å². The number of hydrogen-bond donors (Lipinski definition) is 1. The molecule has 2 heteroatoms. The molecule has 1 aliphatic rings. The molecule has 11 heavy (non-hydrogen) atoms. The van der Waals surface area contributed by atoms with E-state index in [-0.39, 0.29) is 5.41 Å². The summed E-state index contributed by atoms with van der Waals surface area (Å²) in [5.41, 5.74) is -0.0345. The van der Waals surface area contributed by atoms with Crippen molar-refractivity contribution in [3.63, 3.8) is 0 Å². The first-order valence-electron chi connectivity index (χ1n) is 3.67. The third-order valence-electron chi connectivity index (χ3n) is 2.36. The topological polar surface area (TPSA) is 0 Å². The van der Waals surface area contributed by atoms with E-state index in [1.54, 1.807) is 0 Å². The third kappa shape index (κ3) is 1.57. The van der Waals surface area contributed by atoms with Crippen LogP contribution in [0.5, 0.6) is 0 Å². The molecule has 0 spiro atoms. The summed E-state index contributed by atoms with van der Waals surface area (Å²) < 4.78 is 0.769. The van der Waals surface area contributed by atoms with Gasteiger partial charge in [0.25, 0.3) is 0 Å². The predicted molar refractivity (Wildman–Crippen MR) is 57.1 cm³/mol. The Kier molecular flexibility index (Phi) is 2.55. The van der Waals surface area contributed by atoms with E-state index in [1.807, 2.05) is 6.08 Å². The van der Waals surface area contributed by atoms with Gasteiger partial charge >= 0.3 is 0 Å². The highest BCUT2D eigenvalue weighted by atomic mass is 32.1. The molecule has 0 fully saturated rings. The zero-order chi connectivity index (χ0) is 8.48. The van der Waals surface area contributed by atoms with Gasteiger partial charge in [0.1, 0.15) is 0 Å². The van der Waals surface area contributed by atoms with Gasteiger partial charge in [0.05, 0.1) is 4.20 Å². The molecule has 0 radical (unpaired) electrons. The molecule has 0 saturated heterocycles. The van der Waals surface area contributed by atoms with E-state index in [9.17, 15) is 0 Å². The maximum absolute atomic E-state index is 5.09. The summed E-state index contributed by atoms with van der Waals surface area (Å²) in [7, 11) is 0. The van der Waals surface area contributed by atoms with Crippen molar-refractivity contribution in [2.45, 2.75) is 13.8 Å². The van der Waals surface area contributed by atoms with Crippen LogP contribution in [0.2, 0.25) is 0 Å². The van der Waals surface area contributed by atoms with E-state index in [0.29, 0.717) is 5.92 Å². The van der Waals surface area contributed by atoms with E-state index in [4.69, 9.17) is 12.2 Å². The lowest BCUT2D eigenvalue weighted by Crippen LogP contribution is -2.28. The highest BCUT2D eigenvalue weighted by Crippen LogP contribution is 2.35. The van der Waals surface area contributed by atoms with Crippen molar-refractivity contribution in [1.29, 1.82) is 0 Å². The van der Waals surface area contributed by atoms with Gasteiger partial charge in [-0.3, -0.25) is 0 Å². The summed E-state index contributed by atoms with van der Waals surface area (Å²) in [6.45, 7) is 4.27. The fraction of sp³-hybridized carbons (Fsp3) is 0.444. The number of hydrogen-bond acceptors (Lipinski definition) is 1. The summed E-state index contributed by atoms with van der Waals surface area (Å²) in [4.78, 5) is 0. The smallest absolute Gasteiger partial charge is 0.0551 e. The van der Waals surface area contributed by atoms with E-state index in [1.165, 1.54) is 0 Å². The maximum atomic E-state index is 5.09. The van der Waals surface area contributed by atoms with Gasteiger partial charge in [-0.05, 0) is 5.92 Å². The molecule has 0 aromatic heterocycles. The van der Waals surface area contributed by atoms with Crippen LogP contribution in [0.3, 0.4) is 0 Å². The Morgan fingerprint density at radius 1 is 1.55 bits per heavy atom. The first-order chi connectivity index (χ1) is 5.07. The lowest BCUT2D eigenvalue weighted by Gasteiger charge is -2.31. The van der Waals surface area contributed by atoms with Crippen LogP contribution in [0.1, 0.15) is 13.8 Å². The largest absolute Gasteiger partial charge is 0.135 e. The molecule has 1 aliphatic carbocycles. The zero-order valence-corrected chi connectivity index (χ0v) is 8.45. The van der Waals surface area contributed by atoms with E-state index < -0.39 is 0 Å². The zero-order valence-electron chi connectivity index (χ0n) is 6.74. The summed E-state index contributed by atoms with van der Waals surface area (Å²) in [6, 6.07) is 0. The van der Waals surface area contributed by atoms with Crippen LogP contribution in [-0.4, -0.2) is 4.20 Å². The Morgan fingerprint density at radius 3 is 2.55 bits per heavy atom. The summed E-state index contributed by atoms with van der Waals surface area (Å²) in [6.07, 6.45) is 8.36. The van der Waals surface area contributed by atoms with Gasteiger partial charge in [-0.25, -0.2) is 0 Å². The molecule has 0 saturated carbocycles. The van der Waals surface area contributed by atoms with Crippen LogP contribution in [0.25, 0.3) is 0 Å². The Balaban J connectivity index is 2.94. The quantitative estimate of drug-likeness (QED) is 0.483. The van der Waals surface area contributed by atoms with Crippen molar-refractivity contribution < 1.29 is 0 Å². The second-order valence-corrected chi connectivity index (χ2v) is 4.28. The average molecular weight is 184 g/mol. The average Bonchev–Trinajstić information content (AvgIpc) is 1.95. The molecule has 0 nitrogen and oxygen atoms in total. The minimum Gasteiger partial charge on any atom is -0.135 e. The molecule has 0 amide bonds. The minimum absolute atomic E-state index is 0.0345. The summed E-state index contributed by atoms with van der Waals surface area (Å²) in [5, 5.41) is 0. The van der Waals surface area contributed by atoms with Crippen molar-refractivity contribution in [2.75, 3.05) is 0 Å². The van der Waals surface area contributed by atoms with Gasteiger partial charge in [-0.15, -0.1) is 12.6 Å². The van der Waals surface area contributed by atoms with Gasteiger partial charge in [0, 0.05) is 5.41 Å². The predicted octanol–water partition coefficient (Wildman–Crippen LogP) is 3.01. The molecule has 0 aromatic carbocycles. The van der Waals surface area contributed by atoms with E-state index in [2.05, 4.69) is 44.7 Å². The molecule has 0 N–H and O–H groups in total. The van der Waals surface area contributed by atoms with Crippen molar-refractivity contribution in [3.05, 3.63) is 24.3 Å². The normalized spacial score (nSPS) is 35.7. The van der Waals surface area contributed by atoms with Gasteiger partial charge in [0.15, 0.2) is 0 Å². The van der Waals surface area contributed by atoms with Crippen LogP contribution in [0, 0.1) is 11.3 Å². The third-order valence-corrected chi connectivity index (χ3v) is 3.28. The second kappa shape index (κ2) is 3.11. The second-order valence-electron chi connectivity index (χ2n) is 3.12. The highest BCUT2D eigenvalue weighted by Gasteiger charge is 2.30. The van der Waals surface area contributed by atoms with Crippen molar-refractivity contribution in [3.8, 4) is 0 Å². The molecule has 1 rings (SSSR count). The van der Waals surface area contributed by atoms with Crippen molar-refractivity contribution >= 4 is 29.0 Å². The molecular weight excluding hydrogens is 172 g/mol. The molecule has 0 aromatic rings. The number of thiol groups is 1. The monoisotopic (exact) mass is 184 g/mol. The SMILES string of the molecule is CC1C=CC=CC1(C)C(=S)S. The van der Waals surface area contributed by atoms with Crippen molar-refractivity contribution in [2.24, 2.45) is 11.3 Å². The van der Waals surface area contributed by atoms with Crippen LogP contribution >= 0.6 is 24.8 Å². The molecule has 0 aliphatic heterocycles. The van der Waals surface area contributed by atoms with E-state index in [0.717, 1.165) is 4.20 Å². The molecule has 0 bridgehead atoms. The van der Waals surface area contributed by atoms with Crippen LogP contribution in [0.15, 0.2) is 24.3 Å². The van der Waals surface area contributed by atoms with Gasteiger partial charge in [0.2, 0.25) is 0 Å². The first kappa shape index (κ1) is 9.01. The summed E-state index contributed by atoms with van der Waals surface area (Å²) in [5.74, 6) is 0.456. The maximum Gasteiger partial charge on any atom is 0.0551 e. The summed E-state index contributed by atoms with van der Waals surface area (Å²) >= 11 is 9.32. The molecule has 0 heterocycles. The molecule has 60 valence electrons. The number of rotatable bonds is 1. The fourth-order valence-electron chi connectivity index (χ4n) is 1.10. The van der Waals surface area contributed by atoms with Crippen LogP contribution in [0.4, 0.5) is 0 Å². The van der Waals surface area contributed by atoms with Gasteiger partial charge in [-0.2, -0.15) is 0 Å². The van der Waals surface area contributed by atoms with Crippen LogP contribution < -0.4 is 0 Å². The standard InChI is InChI=1S/C9H12S2/c1-7-5-3-4-6-9(7,2)8(10)11/h3-7H,1-2H3,(H,10,11). The Hall–Kier alpha value is -0.0800. The Bertz CT molecular complexity index is 228. The lowest BCUT2D eigenvalue weighted by atomic mass is 9.77. The highest BCUT2D eigenvalue weighted by molar-refractivity contribution is 8.11. The number of allylic oxidation sites excluding steroid dienone is 4. The van der Waals surface area contributed by atoms with Gasteiger partial charge in [-0.1, -0.05) is 50.4 Å². The number of thiocarbonyl (C=S) groups is 1. The molecule has 2 unspecified atom stereocenters.